The zero-order valence-corrected chi connectivity index (χ0v) is 8.82. The summed E-state index contributed by atoms with van der Waals surface area (Å²) >= 11 is 1.66. The average molecular weight is 187 g/mol. The highest BCUT2D eigenvalue weighted by molar-refractivity contribution is 7.09. The predicted molar refractivity (Wildman–Crippen MR) is 53.6 cm³/mol. The van der Waals surface area contributed by atoms with Crippen molar-refractivity contribution in [2.24, 2.45) is 0 Å². The van der Waals surface area contributed by atoms with E-state index in [9.17, 15) is 0 Å². The summed E-state index contributed by atoms with van der Waals surface area (Å²) in [5.41, 5.74) is 1.11. The van der Waals surface area contributed by atoms with E-state index in [2.05, 4.69) is 4.98 Å². The zero-order chi connectivity index (χ0) is 9.40. The van der Waals surface area contributed by atoms with Crippen LogP contribution in [-0.2, 0) is 6.42 Å². The van der Waals surface area contributed by atoms with Crippen molar-refractivity contribution in [3.05, 3.63) is 16.1 Å². The second-order valence-corrected chi connectivity index (χ2v) is 3.25. The van der Waals surface area contributed by atoms with Crippen LogP contribution in [0.2, 0.25) is 0 Å². The Morgan fingerprint density at radius 2 is 2.17 bits per heavy atom. The van der Waals surface area contributed by atoms with Gasteiger partial charge in [0.1, 0.15) is 0 Å². The molecule has 0 aliphatic heterocycles. The molecular formula is C9H17NOS. The second kappa shape index (κ2) is 7.25. The van der Waals surface area contributed by atoms with Gasteiger partial charge in [-0.25, -0.2) is 4.98 Å². The van der Waals surface area contributed by atoms with Gasteiger partial charge in [0.05, 0.1) is 10.7 Å². The second-order valence-electron chi connectivity index (χ2n) is 2.19. The summed E-state index contributed by atoms with van der Waals surface area (Å²) in [7, 11) is 0. The minimum Gasteiger partial charge on any atom is -0.396 e. The van der Waals surface area contributed by atoms with E-state index in [1.54, 1.807) is 11.3 Å². The van der Waals surface area contributed by atoms with E-state index in [4.69, 9.17) is 5.11 Å². The van der Waals surface area contributed by atoms with Crippen LogP contribution in [0.1, 0.15) is 31.0 Å². The summed E-state index contributed by atoms with van der Waals surface area (Å²) in [6, 6.07) is 0. The monoisotopic (exact) mass is 187 g/mol. The Labute approximate surface area is 78.3 Å². The minimum absolute atomic E-state index is 0.260. The molecule has 0 aliphatic rings. The van der Waals surface area contributed by atoms with Crippen LogP contribution < -0.4 is 0 Å². The van der Waals surface area contributed by atoms with Crippen LogP contribution in [0.4, 0.5) is 0 Å². The third-order valence-electron chi connectivity index (χ3n) is 1.26. The van der Waals surface area contributed by atoms with Gasteiger partial charge in [-0.1, -0.05) is 13.8 Å². The topological polar surface area (TPSA) is 33.1 Å². The number of aliphatic hydroxyl groups excluding tert-OH is 1. The van der Waals surface area contributed by atoms with E-state index in [-0.39, 0.29) is 6.61 Å². The fraction of sp³-hybridized carbons (Fsp3) is 0.667. The van der Waals surface area contributed by atoms with E-state index >= 15 is 0 Å². The quantitative estimate of drug-likeness (QED) is 0.788. The maximum absolute atomic E-state index is 8.51. The van der Waals surface area contributed by atoms with Gasteiger partial charge in [0.25, 0.3) is 0 Å². The Kier molecular flexibility index (Phi) is 7.00. The molecule has 0 spiro atoms. The number of aromatic nitrogens is 1. The van der Waals surface area contributed by atoms with Crippen LogP contribution in [0.25, 0.3) is 0 Å². The third kappa shape index (κ3) is 4.46. The minimum atomic E-state index is 0.260. The van der Waals surface area contributed by atoms with Crippen molar-refractivity contribution in [1.82, 2.24) is 4.98 Å². The number of nitrogens with zero attached hydrogens (tertiary/aromatic N) is 1. The lowest BCUT2D eigenvalue weighted by Gasteiger charge is -1.89. The van der Waals surface area contributed by atoms with Crippen molar-refractivity contribution < 1.29 is 5.11 Å². The molecule has 1 rings (SSSR count). The molecule has 0 radical (unpaired) electrons. The van der Waals surface area contributed by atoms with Gasteiger partial charge in [0.2, 0.25) is 0 Å². The van der Waals surface area contributed by atoms with Crippen LogP contribution in [-0.4, -0.2) is 16.7 Å². The van der Waals surface area contributed by atoms with Crippen molar-refractivity contribution in [3.8, 4) is 0 Å². The Morgan fingerprint density at radius 3 is 2.58 bits per heavy atom. The summed E-state index contributed by atoms with van der Waals surface area (Å²) in [6.07, 6.45) is 1.73. The molecule has 0 saturated heterocycles. The summed E-state index contributed by atoms with van der Waals surface area (Å²) in [5.74, 6) is 0. The average Bonchev–Trinajstić information content (AvgIpc) is 2.51. The van der Waals surface area contributed by atoms with E-state index in [0.29, 0.717) is 0 Å². The third-order valence-corrected chi connectivity index (χ3v) is 2.08. The molecule has 0 aliphatic carbocycles. The van der Waals surface area contributed by atoms with E-state index in [0.717, 1.165) is 23.5 Å². The first-order valence-corrected chi connectivity index (χ1v) is 5.23. The van der Waals surface area contributed by atoms with E-state index in [1.807, 2.05) is 26.2 Å². The van der Waals surface area contributed by atoms with Crippen LogP contribution in [0, 0.1) is 6.92 Å². The highest BCUT2D eigenvalue weighted by atomic mass is 32.1. The first-order valence-electron chi connectivity index (χ1n) is 4.35. The standard InChI is InChI=1S/C7H11NOS.C2H6/c1-6-8-7(5-10-6)3-2-4-9;1-2/h5,9H,2-4H2,1H3;1-2H3. The lowest BCUT2D eigenvalue weighted by atomic mass is 10.3. The molecule has 0 saturated carbocycles. The first kappa shape index (κ1) is 11.6. The van der Waals surface area contributed by atoms with Gasteiger partial charge in [-0.3, -0.25) is 0 Å². The summed E-state index contributed by atoms with van der Waals surface area (Å²) in [4.78, 5) is 4.26. The van der Waals surface area contributed by atoms with Gasteiger partial charge in [-0.15, -0.1) is 11.3 Å². The molecule has 0 unspecified atom stereocenters. The van der Waals surface area contributed by atoms with Crippen molar-refractivity contribution in [3.63, 3.8) is 0 Å². The van der Waals surface area contributed by atoms with Crippen molar-refractivity contribution in [2.75, 3.05) is 6.61 Å². The molecule has 70 valence electrons. The SMILES string of the molecule is CC.Cc1nc(CCCO)cs1. The highest BCUT2D eigenvalue weighted by Crippen LogP contribution is 2.08. The molecule has 0 atom stereocenters. The molecule has 0 aromatic carbocycles. The molecule has 0 bridgehead atoms. The number of hydrogen-bond donors (Lipinski definition) is 1. The number of hydrogen-bond acceptors (Lipinski definition) is 3. The van der Waals surface area contributed by atoms with E-state index < -0.39 is 0 Å². The fourth-order valence-corrected chi connectivity index (χ4v) is 1.43. The van der Waals surface area contributed by atoms with Gasteiger partial charge < -0.3 is 5.11 Å². The largest absolute Gasteiger partial charge is 0.396 e. The molecule has 3 heteroatoms. The molecular weight excluding hydrogens is 170 g/mol. The van der Waals surface area contributed by atoms with Gasteiger partial charge in [0.15, 0.2) is 0 Å². The fourth-order valence-electron chi connectivity index (χ4n) is 0.783. The molecule has 1 heterocycles. The lowest BCUT2D eigenvalue weighted by molar-refractivity contribution is 0.288. The first-order chi connectivity index (χ1) is 5.83. The Bertz CT molecular complexity index is 198. The van der Waals surface area contributed by atoms with Crippen LogP contribution in [0.3, 0.4) is 0 Å². The van der Waals surface area contributed by atoms with Gasteiger partial charge in [-0.05, 0) is 19.8 Å². The van der Waals surface area contributed by atoms with E-state index in [1.165, 1.54) is 0 Å². The Morgan fingerprint density at radius 1 is 1.50 bits per heavy atom. The summed E-state index contributed by atoms with van der Waals surface area (Å²) in [5, 5.41) is 11.7. The summed E-state index contributed by atoms with van der Waals surface area (Å²) in [6.45, 7) is 6.25. The molecule has 2 nitrogen and oxygen atoms in total. The van der Waals surface area contributed by atoms with Gasteiger partial charge >= 0.3 is 0 Å². The molecule has 1 aromatic rings. The number of aliphatic hydroxyl groups is 1. The number of thiazole rings is 1. The van der Waals surface area contributed by atoms with Crippen LogP contribution in [0.15, 0.2) is 5.38 Å². The maximum Gasteiger partial charge on any atom is 0.0897 e. The highest BCUT2D eigenvalue weighted by Gasteiger charge is 1.95. The lowest BCUT2D eigenvalue weighted by Crippen LogP contribution is -1.88. The van der Waals surface area contributed by atoms with Crippen molar-refractivity contribution in [1.29, 1.82) is 0 Å². The van der Waals surface area contributed by atoms with Crippen molar-refractivity contribution >= 4 is 11.3 Å². The Balaban J connectivity index is 0.000000561. The van der Waals surface area contributed by atoms with Crippen LogP contribution in [0.5, 0.6) is 0 Å². The molecule has 1 N–H and O–H groups in total. The van der Waals surface area contributed by atoms with Crippen molar-refractivity contribution in [2.45, 2.75) is 33.6 Å². The summed E-state index contributed by atoms with van der Waals surface area (Å²) < 4.78 is 0. The van der Waals surface area contributed by atoms with Gasteiger partial charge in [-0.2, -0.15) is 0 Å². The maximum atomic E-state index is 8.51. The predicted octanol–water partition coefficient (Wildman–Crippen LogP) is 2.40. The van der Waals surface area contributed by atoms with Gasteiger partial charge in [0, 0.05) is 12.0 Å². The molecule has 0 amide bonds. The normalized spacial score (nSPS) is 9.00. The smallest absolute Gasteiger partial charge is 0.0897 e. The van der Waals surface area contributed by atoms with Crippen LogP contribution >= 0.6 is 11.3 Å². The molecule has 12 heavy (non-hydrogen) atoms. The number of aryl methyl sites for hydroxylation is 2. The number of rotatable bonds is 3. The molecule has 0 fully saturated rings. The molecule has 1 aromatic heterocycles. The Hall–Kier alpha value is -0.410. The zero-order valence-electron chi connectivity index (χ0n) is 8.00.